The number of hydrogen-bond donors (Lipinski definition) is 1. The van der Waals surface area contributed by atoms with Crippen LogP contribution in [0.15, 0.2) is 35.7 Å². The van der Waals surface area contributed by atoms with Crippen LogP contribution in [0.5, 0.6) is 5.75 Å². The van der Waals surface area contributed by atoms with Gasteiger partial charge in [-0.3, -0.25) is 14.4 Å². The molecule has 3 amide bonds. The molecule has 32 heavy (non-hydrogen) atoms. The van der Waals surface area contributed by atoms with Crippen molar-refractivity contribution in [1.82, 2.24) is 20.1 Å². The van der Waals surface area contributed by atoms with Gasteiger partial charge in [-0.05, 0) is 31.9 Å². The Morgan fingerprint density at radius 3 is 2.56 bits per heavy atom. The number of hydrogen-bond acceptors (Lipinski definition) is 6. The number of benzene rings is 1. The molecule has 1 aromatic heterocycles. The number of piperazine rings is 1. The molecule has 8 nitrogen and oxygen atoms in total. The van der Waals surface area contributed by atoms with E-state index in [1.165, 1.54) is 11.0 Å². The second-order valence-electron chi connectivity index (χ2n) is 7.88. The van der Waals surface area contributed by atoms with E-state index in [4.69, 9.17) is 4.74 Å². The van der Waals surface area contributed by atoms with Gasteiger partial charge in [0, 0.05) is 49.2 Å². The molecule has 9 heteroatoms. The molecule has 0 radical (unpaired) electrons. The molecule has 2 heterocycles. The number of aromatic nitrogens is 1. The van der Waals surface area contributed by atoms with Gasteiger partial charge < -0.3 is 19.9 Å². The molecular weight excluding hydrogens is 428 g/mol. The van der Waals surface area contributed by atoms with Gasteiger partial charge in [0.05, 0.1) is 10.7 Å². The lowest BCUT2D eigenvalue weighted by molar-refractivity contribution is -0.148. The lowest BCUT2D eigenvalue weighted by Crippen LogP contribution is -2.53. The van der Waals surface area contributed by atoms with Gasteiger partial charge in [-0.2, -0.15) is 0 Å². The minimum absolute atomic E-state index is 0.135. The predicted octanol–water partition coefficient (Wildman–Crippen LogP) is 1.99. The maximum Gasteiger partial charge on any atom is 0.312 e. The molecule has 1 aromatic carbocycles. The van der Waals surface area contributed by atoms with Gasteiger partial charge in [0.1, 0.15) is 12.4 Å². The van der Waals surface area contributed by atoms with E-state index in [0.717, 1.165) is 29.1 Å². The van der Waals surface area contributed by atoms with Crippen LogP contribution in [0.3, 0.4) is 0 Å². The summed E-state index contributed by atoms with van der Waals surface area (Å²) in [6.07, 6.45) is 5.13. The number of carbonyl (C=O) groups excluding carboxylic acids is 3. The molecule has 0 unspecified atom stereocenters. The molecule has 168 valence electrons. The van der Waals surface area contributed by atoms with Crippen molar-refractivity contribution >= 4 is 35.1 Å². The summed E-state index contributed by atoms with van der Waals surface area (Å²) in [4.78, 5) is 44.4. The summed E-state index contributed by atoms with van der Waals surface area (Å²) >= 11 is 1.58. The zero-order valence-corrected chi connectivity index (χ0v) is 18.8. The van der Waals surface area contributed by atoms with Crippen LogP contribution in [-0.2, 0) is 21.0 Å². The maximum atomic E-state index is 12.6. The Morgan fingerprint density at radius 1 is 1.16 bits per heavy atom. The molecule has 2 aromatic rings. The Bertz CT molecular complexity index is 1020. The Labute approximate surface area is 190 Å². The number of rotatable bonds is 6. The van der Waals surface area contributed by atoms with E-state index >= 15 is 0 Å². The van der Waals surface area contributed by atoms with E-state index in [0.29, 0.717) is 38.5 Å². The topological polar surface area (TPSA) is 91.8 Å². The Kier molecular flexibility index (Phi) is 6.84. The number of aryl methyl sites for hydroxylation is 1. The molecule has 1 saturated heterocycles. The third-order valence-corrected chi connectivity index (χ3v) is 6.17. The fraction of sp³-hybridized carbons (Fsp3) is 0.391. The third kappa shape index (κ3) is 5.73. The van der Waals surface area contributed by atoms with Crippen molar-refractivity contribution in [2.24, 2.45) is 0 Å². The van der Waals surface area contributed by atoms with E-state index in [-0.39, 0.29) is 11.9 Å². The number of thiazole rings is 1. The summed E-state index contributed by atoms with van der Waals surface area (Å²) in [7, 11) is 0. The number of nitrogens with one attached hydrogen (secondary N) is 1. The van der Waals surface area contributed by atoms with Crippen LogP contribution in [0, 0.1) is 6.92 Å². The highest BCUT2D eigenvalue weighted by molar-refractivity contribution is 7.09. The molecule has 1 aliphatic carbocycles. The van der Waals surface area contributed by atoms with Gasteiger partial charge in [-0.25, -0.2) is 4.98 Å². The second kappa shape index (κ2) is 9.95. The van der Waals surface area contributed by atoms with E-state index in [1.54, 1.807) is 22.3 Å². The predicted molar refractivity (Wildman–Crippen MR) is 121 cm³/mol. The van der Waals surface area contributed by atoms with Crippen molar-refractivity contribution in [2.75, 3.05) is 26.2 Å². The van der Waals surface area contributed by atoms with Gasteiger partial charge >= 0.3 is 11.8 Å². The molecule has 1 saturated carbocycles. The molecule has 0 atom stereocenters. The molecule has 4 rings (SSSR count). The Hall–Kier alpha value is -3.20. The second-order valence-corrected chi connectivity index (χ2v) is 8.95. The van der Waals surface area contributed by atoms with Crippen LogP contribution in [0.2, 0.25) is 0 Å². The first-order valence-corrected chi connectivity index (χ1v) is 11.6. The average molecular weight is 455 g/mol. The van der Waals surface area contributed by atoms with Gasteiger partial charge in [-0.1, -0.05) is 18.2 Å². The molecule has 2 fully saturated rings. The Morgan fingerprint density at radius 2 is 1.88 bits per heavy atom. The van der Waals surface area contributed by atoms with Crippen LogP contribution in [0.25, 0.3) is 6.08 Å². The highest BCUT2D eigenvalue weighted by Gasteiger charge is 2.31. The number of amides is 3. The standard InChI is InChI=1S/C23H26N4O4S/c1-16-24-19(15-32-16)14-31-20-5-3-2-4-17(20)6-9-21(28)26-10-12-27(13-11-26)23(30)22(29)25-18-7-8-18/h2-6,9,15,18H,7-8,10-14H2,1H3,(H,25,29). The Balaban J connectivity index is 1.29. The first kappa shape index (κ1) is 22.0. The number of para-hydroxylation sites is 1. The minimum atomic E-state index is -0.545. The number of carbonyl (C=O) groups is 3. The largest absolute Gasteiger partial charge is 0.487 e. The monoisotopic (exact) mass is 454 g/mol. The van der Waals surface area contributed by atoms with Crippen LogP contribution in [0.4, 0.5) is 0 Å². The van der Waals surface area contributed by atoms with Crippen LogP contribution < -0.4 is 10.1 Å². The molecular formula is C23H26N4O4S. The summed E-state index contributed by atoms with van der Waals surface area (Å²) in [5.41, 5.74) is 1.68. The van der Waals surface area contributed by atoms with E-state index in [2.05, 4.69) is 10.3 Å². The van der Waals surface area contributed by atoms with E-state index < -0.39 is 11.8 Å². The van der Waals surface area contributed by atoms with E-state index in [9.17, 15) is 14.4 Å². The zero-order valence-electron chi connectivity index (χ0n) is 18.0. The van der Waals surface area contributed by atoms with E-state index in [1.807, 2.05) is 36.6 Å². The van der Waals surface area contributed by atoms with Gasteiger partial charge in [0.15, 0.2) is 0 Å². The molecule has 2 aliphatic rings. The summed E-state index contributed by atoms with van der Waals surface area (Å²) in [5, 5.41) is 5.68. The van der Waals surface area contributed by atoms with Gasteiger partial charge in [0.25, 0.3) is 0 Å². The smallest absolute Gasteiger partial charge is 0.312 e. The molecule has 0 spiro atoms. The fourth-order valence-electron chi connectivity index (χ4n) is 3.39. The van der Waals surface area contributed by atoms with Crippen molar-refractivity contribution in [3.05, 3.63) is 52.0 Å². The summed E-state index contributed by atoms with van der Waals surface area (Å²) in [5.74, 6) is -0.513. The highest BCUT2D eigenvalue weighted by Crippen LogP contribution is 2.22. The molecule has 0 bridgehead atoms. The molecule has 1 N–H and O–H groups in total. The first-order valence-electron chi connectivity index (χ1n) is 10.7. The van der Waals surface area contributed by atoms with Crippen molar-refractivity contribution < 1.29 is 19.1 Å². The SMILES string of the molecule is Cc1nc(COc2ccccc2C=CC(=O)N2CCN(C(=O)C(=O)NC3CC3)CC2)cs1. The quantitative estimate of drug-likeness (QED) is 0.532. The first-order chi connectivity index (χ1) is 15.5. The number of ether oxygens (including phenoxy) is 1. The van der Waals surface area contributed by atoms with Crippen molar-refractivity contribution in [3.8, 4) is 5.75 Å². The van der Waals surface area contributed by atoms with Gasteiger partial charge in [-0.15, -0.1) is 11.3 Å². The fourth-order valence-corrected chi connectivity index (χ4v) is 3.99. The van der Waals surface area contributed by atoms with Crippen LogP contribution in [0.1, 0.15) is 29.1 Å². The van der Waals surface area contributed by atoms with Crippen LogP contribution >= 0.6 is 11.3 Å². The van der Waals surface area contributed by atoms with Crippen molar-refractivity contribution in [1.29, 1.82) is 0 Å². The summed E-state index contributed by atoms with van der Waals surface area (Å²) < 4.78 is 5.89. The average Bonchev–Trinajstić information content (AvgIpc) is 3.53. The van der Waals surface area contributed by atoms with Crippen molar-refractivity contribution in [3.63, 3.8) is 0 Å². The third-order valence-electron chi connectivity index (χ3n) is 5.35. The number of nitrogens with zero attached hydrogens (tertiary/aromatic N) is 3. The summed E-state index contributed by atoms with van der Waals surface area (Å²) in [6.45, 7) is 3.81. The lowest BCUT2D eigenvalue weighted by atomic mass is 10.2. The lowest BCUT2D eigenvalue weighted by Gasteiger charge is -2.33. The minimum Gasteiger partial charge on any atom is -0.487 e. The molecule has 1 aliphatic heterocycles. The zero-order chi connectivity index (χ0) is 22.5. The summed E-state index contributed by atoms with van der Waals surface area (Å²) in [6, 6.07) is 7.68. The maximum absolute atomic E-state index is 12.6. The van der Waals surface area contributed by atoms with Crippen LogP contribution in [-0.4, -0.2) is 64.7 Å². The highest BCUT2D eigenvalue weighted by atomic mass is 32.1. The van der Waals surface area contributed by atoms with Crippen molar-refractivity contribution in [2.45, 2.75) is 32.4 Å². The normalized spacial score (nSPS) is 16.3. The van der Waals surface area contributed by atoms with Gasteiger partial charge in [0.2, 0.25) is 5.91 Å².